The van der Waals surface area contributed by atoms with Gasteiger partial charge in [0.05, 0.1) is 12.2 Å². The van der Waals surface area contributed by atoms with Crippen molar-refractivity contribution >= 4 is 51.1 Å². The van der Waals surface area contributed by atoms with Gasteiger partial charge in [-0.25, -0.2) is 4.79 Å². The van der Waals surface area contributed by atoms with E-state index in [1.54, 1.807) is 30.3 Å². The lowest BCUT2D eigenvalue weighted by Gasteiger charge is -2.12. The Labute approximate surface area is 207 Å². The molecule has 0 aliphatic heterocycles. The molecule has 0 aliphatic carbocycles. The maximum atomic E-state index is 12.1. The van der Waals surface area contributed by atoms with Gasteiger partial charge in [-0.2, -0.15) is 0 Å². The van der Waals surface area contributed by atoms with Gasteiger partial charge in [0.2, 0.25) is 5.91 Å². The molecule has 0 saturated heterocycles. The molecule has 0 saturated carbocycles. The zero-order chi connectivity index (χ0) is 25.1. The summed E-state index contributed by atoms with van der Waals surface area (Å²) in [5.41, 5.74) is 3.53. The van der Waals surface area contributed by atoms with Crippen molar-refractivity contribution in [3.63, 3.8) is 0 Å². The molecule has 34 heavy (non-hydrogen) atoms. The summed E-state index contributed by atoms with van der Waals surface area (Å²) in [6.07, 6.45) is 1.14. The molecular weight excluding hydrogens is 504 g/mol. The highest BCUT2D eigenvalue weighted by Gasteiger charge is 2.12. The van der Waals surface area contributed by atoms with Crippen LogP contribution in [0.1, 0.15) is 54.1 Å². The number of benzene rings is 2. The molecule has 0 spiro atoms. The maximum Gasteiger partial charge on any atom is 0.338 e. The fraction of sp³-hybridized carbons (Fsp3) is 0.360. The van der Waals surface area contributed by atoms with Gasteiger partial charge in [-0.05, 0) is 74.2 Å². The topological polar surface area (TPSA) is 111 Å². The second-order valence-corrected chi connectivity index (χ2v) is 8.52. The summed E-state index contributed by atoms with van der Waals surface area (Å²) in [7, 11) is 0. The molecular formula is C25H29BrN2O6. The van der Waals surface area contributed by atoms with E-state index in [-0.39, 0.29) is 25.2 Å². The van der Waals surface area contributed by atoms with Crippen LogP contribution in [-0.4, -0.2) is 37.0 Å². The summed E-state index contributed by atoms with van der Waals surface area (Å²) < 4.78 is 11.0. The highest BCUT2D eigenvalue weighted by atomic mass is 79.9. The number of rotatable bonds is 11. The molecule has 0 heterocycles. The van der Waals surface area contributed by atoms with E-state index >= 15 is 0 Å². The summed E-state index contributed by atoms with van der Waals surface area (Å²) >= 11 is 3.44. The van der Waals surface area contributed by atoms with E-state index in [0.29, 0.717) is 23.5 Å². The molecule has 8 nitrogen and oxygen atoms in total. The van der Waals surface area contributed by atoms with Crippen molar-refractivity contribution in [2.24, 2.45) is 0 Å². The Kier molecular flexibility index (Phi) is 10.7. The van der Waals surface area contributed by atoms with Crippen LogP contribution >= 0.6 is 15.9 Å². The second kappa shape index (κ2) is 13.5. The number of halogens is 1. The Morgan fingerprint density at radius 2 is 1.56 bits per heavy atom. The Morgan fingerprint density at radius 3 is 2.24 bits per heavy atom. The number of carbonyl (C=O) groups excluding carboxylic acids is 4. The molecule has 182 valence electrons. The van der Waals surface area contributed by atoms with Crippen LogP contribution in [0.5, 0.6) is 0 Å². The molecule has 0 aromatic heterocycles. The SMILES string of the molecule is CCCOC(=O)c1ccc(NC(=O)CCCC(=O)OCC(=O)Nc2ccc(Br)c(C)c2C)cc1. The van der Waals surface area contributed by atoms with Crippen molar-refractivity contribution in [3.8, 4) is 0 Å². The van der Waals surface area contributed by atoms with Crippen LogP contribution < -0.4 is 10.6 Å². The van der Waals surface area contributed by atoms with Gasteiger partial charge in [-0.1, -0.05) is 22.9 Å². The minimum Gasteiger partial charge on any atom is -0.462 e. The van der Waals surface area contributed by atoms with E-state index < -0.39 is 24.5 Å². The lowest BCUT2D eigenvalue weighted by molar-refractivity contribution is -0.147. The van der Waals surface area contributed by atoms with Gasteiger partial charge in [-0.15, -0.1) is 0 Å². The summed E-state index contributed by atoms with van der Waals surface area (Å²) in [6.45, 7) is 5.70. The molecule has 2 amide bonds. The van der Waals surface area contributed by atoms with Gasteiger partial charge in [-0.3, -0.25) is 14.4 Å². The minimum absolute atomic E-state index is 0.0132. The van der Waals surface area contributed by atoms with E-state index in [1.807, 2.05) is 26.8 Å². The Bertz CT molecular complexity index is 1040. The van der Waals surface area contributed by atoms with Crippen LogP contribution in [0.4, 0.5) is 11.4 Å². The largest absolute Gasteiger partial charge is 0.462 e. The summed E-state index contributed by atoms with van der Waals surface area (Å²) in [5.74, 6) is -1.67. The first-order chi connectivity index (χ1) is 16.2. The smallest absolute Gasteiger partial charge is 0.338 e. The highest BCUT2D eigenvalue weighted by Crippen LogP contribution is 2.25. The maximum absolute atomic E-state index is 12.1. The van der Waals surface area contributed by atoms with Crippen molar-refractivity contribution in [2.75, 3.05) is 23.8 Å². The Balaban J connectivity index is 1.67. The van der Waals surface area contributed by atoms with E-state index in [0.717, 1.165) is 22.0 Å². The molecule has 0 radical (unpaired) electrons. The van der Waals surface area contributed by atoms with Gasteiger partial charge >= 0.3 is 11.9 Å². The fourth-order valence-electron chi connectivity index (χ4n) is 2.91. The van der Waals surface area contributed by atoms with Crippen LogP contribution in [0, 0.1) is 13.8 Å². The number of hydrogen-bond acceptors (Lipinski definition) is 6. The number of hydrogen-bond donors (Lipinski definition) is 2. The zero-order valence-corrected chi connectivity index (χ0v) is 21.1. The number of ether oxygens (including phenoxy) is 2. The Morgan fingerprint density at radius 1 is 0.853 bits per heavy atom. The van der Waals surface area contributed by atoms with Crippen LogP contribution in [0.25, 0.3) is 0 Å². The molecule has 2 N–H and O–H groups in total. The van der Waals surface area contributed by atoms with Crippen LogP contribution in [0.2, 0.25) is 0 Å². The molecule has 2 rings (SSSR count). The van der Waals surface area contributed by atoms with Crippen molar-refractivity contribution < 1.29 is 28.7 Å². The number of amides is 2. The predicted molar refractivity (Wildman–Crippen MR) is 133 cm³/mol. The van der Waals surface area contributed by atoms with E-state index in [2.05, 4.69) is 26.6 Å². The van der Waals surface area contributed by atoms with Gasteiger partial charge in [0.1, 0.15) is 0 Å². The molecule has 0 atom stereocenters. The molecule has 0 aliphatic rings. The molecule has 9 heteroatoms. The zero-order valence-electron chi connectivity index (χ0n) is 19.5. The highest BCUT2D eigenvalue weighted by molar-refractivity contribution is 9.10. The van der Waals surface area contributed by atoms with Crippen LogP contribution in [-0.2, 0) is 23.9 Å². The van der Waals surface area contributed by atoms with Crippen LogP contribution in [0.3, 0.4) is 0 Å². The van der Waals surface area contributed by atoms with Crippen molar-refractivity contribution in [1.29, 1.82) is 0 Å². The lowest BCUT2D eigenvalue weighted by atomic mass is 10.1. The number of carbonyl (C=O) groups is 4. The molecule has 0 unspecified atom stereocenters. The van der Waals surface area contributed by atoms with Gasteiger partial charge in [0.25, 0.3) is 5.91 Å². The van der Waals surface area contributed by atoms with Crippen LogP contribution in [0.15, 0.2) is 40.9 Å². The summed E-state index contributed by atoms with van der Waals surface area (Å²) in [5, 5.41) is 5.43. The number of esters is 2. The number of nitrogens with one attached hydrogen (secondary N) is 2. The third-order valence-corrected chi connectivity index (χ3v) is 5.84. The molecule has 0 fully saturated rings. The molecule has 2 aromatic carbocycles. The van der Waals surface area contributed by atoms with Crippen molar-refractivity contribution in [2.45, 2.75) is 46.5 Å². The van der Waals surface area contributed by atoms with E-state index in [1.165, 1.54) is 0 Å². The first kappa shape index (κ1) is 27.0. The monoisotopic (exact) mass is 532 g/mol. The van der Waals surface area contributed by atoms with Gasteiger partial charge in [0, 0.05) is 28.7 Å². The minimum atomic E-state index is -0.554. The third kappa shape index (κ3) is 8.62. The number of anilines is 2. The van der Waals surface area contributed by atoms with E-state index in [9.17, 15) is 19.2 Å². The Hall–Kier alpha value is -3.20. The first-order valence-electron chi connectivity index (χ1n) is 11.0. The quantitative estimate of drug-likeness (QED) is 0.397. The average Bonchev–Trinajstić information content (AvgIpc) is 2.82. The van der Waals surface area contributed by atoms with Crippen molar-refractivity contribution in [3.05, 3.63) is 57.6 Å². The van der Waals surface area contributed by atoms with Gasteiger partial charge in [0.15, 0.2) is 6.61 Å². The first-order valence-corrected chi connectivity index (χ1v) is 11.8. The standard InChI is InChI=1S/C25H29BrN2O6/c1-4-14-33-25(32)18-8-10-19(11-9-18)27-22(29)6-5-7-24(31)34-15-23(30)28-21-13-12-20(26)16(2)17(21)3/h8-13H,4-7,14-15H2,1-3H3,(H,27,29)(H,28,30). The predicted octanol–water partition coefficient (Wildman–Crippen LogP) is 4.92. The average molecular weight is 533 g/mol. The summed E-state index contributed by atoms with van der Waals surface area (Å²) in [4.78, 5) is 47.8. The summed E-state index contributed by atoms with van der Waals surface area (Å²) in [6, 6.07) is 9.99. The molecule has 0 bridgehead atoms. The lowest BCUT2D eigenvalue weighted by Crippen LogP contribution is -2.21. The molecule has 2 aromatic rings. The van der Waals surface area contributed by atoms with Crippen molar-refractivity contribution in [1.82, 2.24) is 0 Å². The van der Waals surface area contributed by atoms with Gasteiger partial charge < -0.3 is 20.1 Å². The van der Waals surface area contributed by atoms with E-state index in [4.69, 9.17) is 9.47 Å². The second-order valence-electron chi connectivity index (χ2n) is 7.67. The third-order valence-electron chi connectivity index (χ3n) is 4.99. The fourth-order valence-corrected chi connectivity index (χ4v) is 3.34. The normalized spacial score (nSPS) is 10.4.